The minimum Gasteiger partial charge on any atom is -0.368 e. The van der Waals surface area contributed by atoms with E-state index in [0.717, 1.165) is 5.56 Å². The van der Waals surface area contributed by atoms with E-state index in [0.29, 0.717) is 6.42 Å². The third kappa shape index (κ3) is 3.08. The number of hydrogen-bond donors (Lipinski definition) is 1. The number of hydrogen-bond acceptors (Lipinski definition) is 2. The third-order valence-electron chi connectivity index (χ3n) is 1.57. The number of methoxy groups -OCH3 is 1. The Morgan fingerprint density at radius 2 is 2.33 bits per heavy atom. The minimum absolute atomic E-state index is 0.549. The molecule has 0 spiro atoms. The standard InChI is InChI=1S/C9H11IO2/c1-12-9(11)6-7-3-2-4-8(10)5-7/h2-5,9,11H,6H2,1H3. The first kappa shape index (κ1) is 9.95. The maximum absolute atomic E-state index is 9.18. The van der Waals surface area contributed by atoms with Crippen molar-refractivity contribution in [3.05, 3.63) is 33.4 Å². The molecular weight excluding hydrogens is 267 g/mol. The summed E-state index contributed by atoms with van der Waals surface area (Å²) in [6.45, 7) is 0. The van der Waals surface area contributed by atoms with E-state index in [-0.39, 0.29) is 0 Å². The van der Waals surface area contributed by atoms with Gasteiger partial charge in [0, 0.05) is 17.1 Å². The lowest BCUT2D eigenvalue weighted by Crippen LogP contribution is -2.12. The van der Waals surface area contributed by atoms with Gasteiger partial charge >= 0.3 is 0 Å². The summed E-state index contributed by atoms with van der Waals surface area (Å²) < 4.78 is 5.92. The summed E-state index contributed by atoms with van der Waals surface area (Å²) >= 11 is 2.24. The van der Waals surface area contributed by atoms with Crippen LogP contribution in [0.5, 0.6) is 0 Å². The van der Waals surface area contributed by atoms with Crippen LogP contribution in [0.2, 0.25) is 0 Å². The topological polar surface area (TPSA) is 29.5 Å². The first-order chi connectivity index (χ1) is 5.72. The van der Waals surface area contributed by atoms with Gasteiger partial charge in [-0.2, -0.15) is 0 Å². The number of ether oxygens (including phenoxy) is 1. The number of aliphatic hydroxyl groups excluding tert-OH is 1. The Morgan fingerprint density at radius 1 is 1.58 bits per heavy atom. The Bertz CT molecular complexity index is 250. The second-order valence-electron chi connectivity index (χ2n) is 2.52. The van der Waals surface area contributed by atoms with Gasteiger partial charge in [0.05, 0.1) is 0 Å². The second kappa shape index (κ2) is 4.79. The number of benzene rings is 1. The molecule has 1 atom stereocenters. The Hall–Kier alpha value is -0.130. The fraction of sp³-hybridized carbons (Fsp3) is 0.333. The van der Waals surface area contributed by atoms with Crippen molar-refractivity contribution in [3.63, 3.8) is 0 Å². The van der Waals surface area contributed by atoms with E-state index in [2.05, 4.69) is 22.6 Å². The van der Waals surface area contributed by atoms with E-state index in [9.17, 15) is 5.11 Å². The first-order valence-electron chi connectivity index (χ1n) is 3.67. The highest BCUT2D eigenvalue weighted by molar-refractivity contribution is 14.1. The molecule has 0 aliphatic rings. The van der Waals surface area contributed by atoms with Crippen molar-refractivity contribution in [3.8, 4) is 0 Å². The van der Waals surface area contributed by atoms with Crippen LogP contribution in [0.15, 0.2) is 24.3 Å². The van der Waals surface area contributed by atoms with Gasteiger partial charge in [0.2, 0.25) is 0 Å². The summed E-state index contributed by atoms with van der Waals surface area (Å²) in [5.74, 6) is 0. The van der Waals surface area contributed by atoms with Gasteiger partial charge in [-0.15, -0.1) is 0 Å². The number of rotatable bonds is 3. The predicted octanol–water partition coefficient (Wildman–Crippen LogP) is 1.80. The summed E-state index contributed by atoms with van der Waals surface area (Å²) in [4.78, 5) is 0. The van der Waals surface area contributed by atoms with Crippen LogP contribution in [-0.2, 0) is 11.2 Å². The summed E-state index contributed by atoms with van der Waals surface area (Å²) in [5, 5.41) is 9.18. The van der Waals surface area contributed by atoms with Crippen LogP contribution < -0.4 is 0 Å². The highest BCUT2D eigenvalue weighted by Crippen LogP contribution is 2.09. The molecule has 1 aromatic carbocycles. The van der Waals surface area contributed by atoms with Crippen molar-refractivity contribution in [1.82, 2.24) is 0 Å². The maximum Gasteiger partial charge on any atom is 0.158 e. The highest BCUT2D eigenvalue weighted by Gasteiger charge is 2.02. The van der Waals surface area contributed by atoms with E-state index >= 15 is 0 Å². The lowest BCUT2D eigenvalue weighted by Gasteiger charge is -2.07. The van der Waals surface area contributed by atoms with E-state index in [1.807, 2.05) is 24.3 Å². The molecule has 0 radical (unpaired) electrons. The SMILES string of the molecule is COC(O)Cc1cccc(I)c1. The molecule has 0 aliphatic heterocycles. The molecule has 2 nitrogen and oxygen atoms in total. The zero-order valence-electron chi connectivity index (χ0n) is 6.83. The molecule has 0 bridgehead atoms. The van der Waals surface area contributed by atoms with E-state index in [1.54, 1.807) is 0 Å². The average molecular weight is 278 g/mol. The van der Waals surface area contributed by atoms with E-state index in [4.69, 9.17) is 4.74 Å². The van der Waals surface area contributed by atoms with Crippen molar-refractivity contribution in [2.75, 3.05) is 7.11 Å². The van der Waals surface area contributed by atoms with Crippen molar-refractivity contribution in [2.24, 2.45) is 0 Å². The lowest BCUT2D eigenvalue weighted by atomic mass is 10.1. The molecule has 1 unspecified atom stereocenters. The molecule has 0 aliphatic carbocycles. The third-order valence-corrected chi connectivity index (χ3v) is 2.24. The summed E-state index contributed by atoms with van der Waals surface area (Å²) in [6, 6.07) is 8.00. The van der Waals surface area contributed by atoms with Crippen molar-refractivity contribution >= 4 is 22.6 Å². The Labute approximate surface area is 85.7 Å². The van der Waals surface area contributed by atoms with Crippen LogP contribution in [0, 0.1) is 3.57 Å². The van der Waals surface area contributed by atoms with E-state index in [1.165, 1.54) is 10.7 Å². The zero-order chi connectivity index (χ0) is 8.97. The molecule has 1 rings (SSSR count). The Morgan fingerprint density at radius 3 is 2.92 bits per heavy atom. The molecule has 1 N–H and O–H groups in total. The van der Waals surface area contributed by atoms with Gasteiger partial charge in [-0.25, -0.2) is 0 Å². The van der Waals surface area contributed by atoms with Gasteiger partial charge < -0.3 is 9.84 Å². The fourth-order valence-electron chi connectivity index (χ4n) is 0.949. The van der Waals surface area contributed by atoms with Crippen LogP contribution >= 0.6 is 22.6 Å². The molecular formula is C9H11IO2. The number of halogens is 1. The predicted molar refractivity (Wildman–Crippen MR) is 55.9 cm³/mol. The van der Waals surface area contributed by atoms with Gasteiger partial charge in [0.25, 0.3) is 0 Å². The van der Waals surface area contributed by atoms with Gasteiger partial charge in [-0.05, 0) is 40.3 Å². The summed E-state index contributed by atoms with van der Waals surface area (Å²) in [7, 11) is 1.50. The zero-order valence-corrected chi connectivity index (χ0v) is 8.98. The normalized spacial score (nSPS) is 12.9. The highest BCUT2D eigenvalue weighted by atomic mass is 127. The maximum atomic E-state index is 9.18. The average Bonchev–Trinajstić information content (AvgIpc) is 2.04. The Balaban J connectivity index is 2.63. The number of aliphatic hydroxyl groups is 1. The van der Waals surface area contributed by atoms with Crippen molar-refractivity contribution < 1.29 is 9.84 Å². The molecule has 0 amide bonds. The molecule has 0 saturated heterocycles. The largest absolute Gasteiger partial charge is 0.368 e. The van der Waals surface area contributed by atoms with Gasteiger partial charge in [-0.1, -0.05) is 12.1 Å². The van der Waals surface area contributed by atoms with E-state index < -0.39 is 6.29 Å². The molecule has 0 fully saturated rings. The fourth-order valence-corrected chi connectivity index (χ4v) is 1.56. The van der Waals surface area contributed by atoms with Crippen molar-refractivity contribution in [2.45, 2.75) is 12.7 Å². The van der Waals surface area contributed by atoms with Crippen LogP contribution in [0.25, 0.3) is 0 Å². The Kier molecular flexibility index (Phi) is 3.97. The first-order valence-corrected chi connectivity index (χ1v) is 4.75. The van der Waals surface area contributed by atoms with Gasteiger partial charge in [0.15, 0.2) is 6.29 Å². The molecule has 0 aromatic heterocycles. The smallest absolute Gasteiger partial charge is 0.158 e. The molecule has 1 aromatic rings. The molecule has 0 saturated carbocycles. The lowest BCUT2D eigenvalue weighted by molar-refractivity contribution is -0.0720. The van der Waals surface area contributed by atoms with Crippen LogP contribution in [-0.4, -0.2) is 18.5 Å². The van der Waals surface area contributed by atoms with Gasteiger partial charge in [0.1, 0.15) is 0 Å². The monoisotopic (exact) mass is 278 g/mol. The van der Waals surface area contributed by atoms with Crippen molar-refractivity contribution in [1.29, 1.82) is 0 Å². The minimum atomic E-state index is -0.691. The molecule has 0 heterocycles. The molecule has 66 valence electrons. The molecule has 3 heteroatoms. The van der Waals surface area contributed by atoms with Crippen LogP contribution in [0.3, 0.4) is 0 Å². The summed E-state index contributed by atoms with van der Waals surface area (Å²) in [6.07, 6.45) is -0.143. The molecule has 12 heavy (non-hydrogen) atoms. The van der Waals surface area contributed by atoms with Crippen LogP contribution in [0.4, 0.5) is 0 Å². The van der Waals surface area contributed by atoms with Crippen LogP contribution in [0.1, 0.15) is 5.56 Å². The quantitative estimate of drug-likeness (QED) is 0.675. The van der Waals surface area contributed by atoms with Gasteiger partial charge in [-0.3, -0.25) is 0 Å². The second-order valence-corrected chi connectivity index (χ2v) is 3.77. The summed E-state index contributed by atoms with van der Waals surface area (Å²) in [5.41, 5.74) is 1.09.